The van der Waals surface area contributed by atoms with Crippen molar-refractivity contribution in [2.24, 2.45) is 0 Å². The Bertz CT molecular complexity index is 517. The summed E-state index contributed by atoms with van der Waals surface area (Å²) in [4.78, 5) is 9.99. The molecule has 1 aromatic heterocycles. The third-order valence-corrected chi connectivity index (χ3v) is 4.47. The van der Waals surface area contributed by atoms with Crippen molar-refractivity contribution in [2.45, 2.75) is 11.8 Å². The molecule has 0 saturated carbocycles. The zero-order valence-corrected chi connectivity index (χ0v) is 12.5. The Labute approximate surface area is 118 Å². The van der Waals surface area contributed by atoms with E-state index in [0.29, 0.717) is 11.6 Å². The van der Waals surface area contributed by atoms with Gasteiger partial charge >= 0.3 is 0 Å². The number of nitrogens with zero attached hydrogens (tertiary/aromatic N) is 2. The predicted molar refractivity (Wildman–Crippen MR) is 81.1 cm³/mol. The number of halogens is 1. The molecule has 1 aromatic carbocycles. The number of hydrogen-bond donors (Lipinski definition) is 1. The lowest BCUT2D eigenvalue weighted by Crippen LogP contribution is -2.02. The molecule has 0 unspecified atom stereocenters. The van der Waals surface area contributed by atoms with E-state index in [1.54, 1.807) is 11.8 Å². The summed E-state index contributed by atoms with van der Waals surface area (Å²) in [5.74, 6) is 1.23. The Morgan fingerprint density at radius 3 is 2.35 bits per heavy atom. The summed E-state index contributed by atoms with van der Waals surface area (Å²) in [6.07, 6.45) is 2.05. The van der Waals surface area contributed by atoms with E-state index in [1.807, 2.05) is 19.1 Å². The number of anilines is 1. The van der Waals surface area contributed by atoms with Gasteiger partial charge in [0.25, 0.3) is 0 Å². The second-order valence-corrected chi connectivity index (χ2v) is 5.52. The van der Waals surface area contributed by atoms with E-state index in [2.05, 4.69) is 50.9 Å². The number of benzene rings is 1. The van der Waals surface area contributed by atoms with Crippen LogP contribution in [0.3, 0.4) is 0 Å². The van der Waals surface area contributed by atoms with Crippen LogP contribution in [0.25, 0.3) is 11.4 Å². The summed E-state index contributed by atoms with van der Waals surface area (Å²) in [5, 5.41) is 0. The van der Waals surface area contributed by atoms with Crippen LogP contribution < -0.4 is 5.73 Å². The van der Waals surface area contributed by atoms with Crippen molar-refractivity contribution in [1.82, 2.24) is 9.97 Å². The normalized spacial score (nSPS) is 10.5. The fraction of sp³-hybridized carbons (Fsp3) is 0.167. The van der Waals surface area contributed by atoms with E-state index >= 15 is 0 Å². The van der Waals surface area contributed by atoms with E-state index in [0.717, 1.165) is 14.8 Å². The maximum atomic E-state index is 5.85. The number of thioether (sulfide) groups is 1. The summed E-state index contributed by atoms with van der Waals surface area (Å²) in [6.45, 7) is 1.94. The minimum atomic E-state index is 0.544. The van der Waals surface area contributed by atoms with E-state index < -0.39 is 0 Å². The molecule has 2 aromatic rings. The number of rotatable bonds is 2. The molecule has 0 aliphatic carbocycles. The Morgan fingerprint density at radius 2 is 1.82 bits per heavy atom. The van der Waals surface area contributed by atoms with Gasteiger partial charge in [-0.1, -0.05) is 12.1 Å². The minimum Gasteiger partial charge on any atom is -0.383 e. The average molecular weight is 357 g/mol. The summed E-state index contributed by atoms with van der Waals surface area (Å²) >= 11 is 3.88. The van der Waals surface area contributed by atoms with Crippen molar-refractivity contribution in [2.75, 3.05) is 12.0 Å². The minimum absolute atomic E-state index is 0.544. The molecule has 88 valence electrons. The van der Waals surface area contributed by atoms with Gasteiger partial charge in [0.15, 0.2) is 5.82 Å². The molecule has 1 heterocycles. The topological polar surface area (TPSA) is 51.8 Å². The van der Waals surface area contributed by atoms with Crippen LogP contribution in [0.5, 0.6) is 0 Å². The van der Waals surface area contributed by atoms with Gasteiger partial charge in [0.05, 0.1) is 9.26 Å². The number of aryl methyl sites for hydroxylation is 1. The molecule has 0 atom stereocenters. The predicted octanol–water partition coefficient (Wildman–Crippen LogP) is 3.36. The lowest BCUT2D eigenvalue weighted by atomic mass is 10.2. The van der Waals surface area contributed by atoms with Crippen molar-refractivity contribution >= 4 is 40.2 Å². The highest BCUT2D eigenvalue weighted by atomic mass is 127. The number of hydrogen-bond acceptors (Lipinski definition) is 4. The van der Waals surface area contributed by atoms with Crippen LogP contribution in [0.4, 0.5) is 5.82 Å². The lowest BCUT2D eigenvalue weighted by molar-refractivity contribution is 1.10. The maximum absolute atomic E-state index is 5.85. The zero-order chi connectivity index (χ0) is 12.4. The van der Waals surface area contributed by atoms with Crippen molar-refractivity contribution in [3.63, 3.8) is 0 Å². The first-order valence-electron chi connectivity index (χ1n) is 5.06. The van der Waals surface area contributed by atoms with Crippen molar-refractivity contribution in [3.05, 3.63) is 33.5 Å². The molecule has 0 fully saturated rings. The van der Waals surface area contributed by atoms with Crippen LogP contribution in [0.15, 0.2) is 29.2 Å². The Kier molecular flexibility index (Phi) is 3.88. The fourth-order valence-corrected chi connectivity index (χ4v) is 2.10. The third-order valence-electron chi connectivity index (χ3n) is 2.39. The van der Waals surface area contributed by atoms with Crippen molar-refractivity contribution in [3.8, 4) is 11.4 Å². The van der Waals surface area contributed by atoms with Crippen molar-refractivity contribution in [1.29, 1.82) is 0 Å². The van der Waals surface area contributed by atoms with Gasteiger partial charge in [0.2, 0.25) is 0 Å². The molecule has 2 N–H and O–H groups in total. The molecule has 2 rings (SSSR count). The Hall–Kier alpha value is -0.820. The van der Waals surface area contributed by atoms with Gasteiger partial charge in [-0.3, -0.25) is 0 Å². The first-order valence-corrected chi connectivity index (χ1v) is 7.36. The number of nitrogen functional groups attached to an aromatic ring is 1. The van der Waals surface area contributed by atoms with Gasteiger partial charge in [-0.25, -0.2) is 9.97 Å². The van der Waals surface area contributed by atoms with E-state index in [1.165, 1.54) is 4.90 Å². The van der Waals surface area contributed by atoms with Crippen LogP contribution >= 0.6 is 34.4 Å². The van der Waals surface area contributed by atoms with Crippen LogP contribution in [0.2, 0.25) is 0 Å². The molecule has 3 nitrogen and oxygen atoms in total. The maximum Gasteiger partial charge on any atom is 0.161 e. The first-order chi connectivity index (χ1) is 8.11. The molecular formula is C12H12IN3S. The van der Waals surface area contributed by atoms with Crippen LogP contribution in [-0.4, -0.2) is 16.2 Å². The van der Waals surface area contributed by atoms with Crippen LogP contribution in [0, 0.1) is 10.5 Å². The molecule has 0 spiro atoms. The van der Waals surface area contributed by atoms with E-state index in [4.69, 9.17) is 5.73 Å². The van der Waals surface area contributed by atoms with Gasteiger partial charge in [-0.2, -0.15) is 0 Å². The summed E-state index contributed by atoms with van der Waals surface area (Å²) in [6, 6.07) is 8.17. The lowest BCUT2D eigenvalue weighted by Gasteiger charge is -2.06. The zero-order valence-electron chi connectivity index (χ0n) is 9.57. The molecule has 0 saturated heterocycles. The number of nitrogens with two attached hydrogens (primary N) is 1. The largest absolute Gasteiger partial charge is 0.383 e. The smallest absolute Gasteiger partial charge is 0.161 e. The third kappa shape index (κ3) is 2.71. The Morgan fingerprint density at radius 1 is 1.18 bits per heavy atom. The highest BCUT2D eigenvalue weighted by Crippen LogP contribution is 2.23. The standard InChI is InChI=1S/C12H12IN3S/c1-7-10(13)11(14)16-12(15-7)8-3-5-9(17-2)6-4-8/h3-6H,1-2H3,(H2,14,15,16). The van der Waals surface area contributed by atoms with Gasteiger partial charge < -0.3 is 5.73 Å². The second kappa shape index (κ2) is 5.22. The highest BCUT2D eigenvalue weighted by molar-refractivity contribution is 14.1. The average Bonchev–Trinajstić information content (AvgIpc) is 2.35. The molecular weight excluding hydrogens is 345 g/mol. The van der Waals surface area contributed by atoms with E-state index in [-0.39, 0.29) is 0 Å². The molecule has 0 bridgehead atoms. The summed E-state index contributed by atoms with van der Waals surface area (Å²) < 4.78 is 0.923. The fourth-order valence-electron chi connectivity index (χ4n) is 1.45. The molecule has 0 aliphatic heterocycles. The molecule has 0 radical (unpaired) electrons. The van der Waals surface area contributed by atoms with Gasteiger partial charge in [0.1, 0.15) is 5.82 Å². The summed E-state index contributed by atoms with van der Waals surface area (Å²) in [5.41, 5.74) is 7.77. The van der Waals surface area contributed by atoms with E-state index in [9.17, 15) is 0 Å². The quantitative estimate of drug-likeness (QED) is 0.662. The van der Waals surface area contributed by atoms with Gasteiger partial charge in [0, 0.05) is 10.5 Å². The SMILES string of the molecule is CSc1ccc(-c2nc(C)c(I)c(N)n2)cc1. The summed E-state index contributed by atoms with van der Waals surface area (Å²) in [7, 11) is 0. The first kappa shape index (κ1) is 12.6. The van der Waals surface area contributed by atoms with Crippen LogP contribution in [0.1, 0.15) is 5.69 Å². The molecule has 0 aliphatic rings. The highest BCUT2D eigenvalue weighted by Gasteiger charge is 2.08. The number of aromatic nitrogens is 2. The van der Waals surface area contributed by atoms with Crippen LogP contribution in [-0.2, 0) is 0 Å². The van der Waals surface area contributed by atoms with Gasteiger partial charge in [-0.15, -0.1) is 11.8 Å². The monoisotopic (exact) mass is 357 g/mol. The molecule has 0 amide bonds. The molecule has 17 heavy (non-hydrogen) atoms. The Balaban J connectivity index is 2.45. The van der Waals surface area contributed by atoms with Gasteiger partial charge in [-0.05, 0) is 47.9 Å². The second-order valence-electron chi connectivity index (χ2n) is 3.56. The molecule has 5 heteroatoms. The van der Waals surface area contributed by atoms with Crippen molar-refractivity contribution < 1.29 is 0 Å².